The van der Waals surface area contributed by atoms with Crippen LogP contribution >= 0.6 is 11.8 Å². The zero-order valence-electron chi connectivity index (χ0n) is 15.1. The highest BCUT2D eigenvalue weighted by molar-refractivity contribution is 8.00. The summed E-state index contributed by atoms with van der Waals surface area (Å²) in [6, 6.07) is 6.57. The van der Waals surface area contributed by atoms with Crippen molar-refractivity contribution < 1.29 is 8.42 Å². The van der Waals surface area contributed by atoms with E-state index in [4.69, 9.17) is 10.1 Å². The minimum Gasteiger partial charge on any atom is -0.357 e. The molecule has 1 aromatic rings. The zero-order chi connectivity index (χ0) is 18.4. The number of benzene rings is 1. The number of rotatable bonds is 5. The summed E-state index contributed by atoms with van der Waals surface area (Å²) in [5, 5.41) is 9.12. The largest absolute Gasteiger partial charge is 0.357 e. The Labute approximate surface area is 155 Å². The van der Waals surface area contributed by atoms with E-state index in [1.54, 1.807) is 12.1 Å². The van der Waals surface area contributed by atoms with Crippen LogP contribution in [0.2, 0.25) is 0 Å². The first-order valence-corrected chi connectivity index (χ1v) is 11.2. The number of aliphatic imine (C=N–C) groups is 1. The maximum Gasteiger partial charge on any atom is 0.238 e. The van der Waals surface area contributed by atoms with Crippen LogP contribution < -0.4 is 10.5 Å². The van der Waals surface area contributed by atoms with Gasteiger partial charge in [-0.05, 0) is 30.5 Å². The first-order chi connectivity index (χ1) is 11.8. The van der Waals surface area contributed by atoms with Crippen molar-refractivity contribution in [3.05, 3.63) is 29.8 Å². The van der Waals surface area contributed by atoms with Crippen LogP contribution in [0.5, 0.6) is 0 Å². The minimum absolute atomic E-state index is 0.125. The topological polar surface area (TPSA) is 87.8 Å². The van der Waals surface area contributed by atoms with E-state index in [-0.39, 0.29) is 4.90 Å². The lowest BCUT2D eigenvalue weighted by Crippen LogP contribution is -2.49. The van der Waals surface area contributed by atoms with Crippen molar-refractivity contribution in [2.24, 2.45) is 16.0 Å². The van der Waals surface area contributed by atoms with Crippen LogP contribution in [0.3, 0.4) is 0 Å². The Morgan fingerprint density at radius 3 is 2.64 bits per heavy atom. The molecule has 0 spiro atoms. The molecule has 0 bridgehead atoms. The van der Waals surface area contributed by atoms with E-state index in [1.165, 1.54) is 12.1 Å². The molecule has 6 nitrogen and oxygen atoms in total. The summed E-state index contributed by atoms with van der Waals surface area (Å²) < 4.78 is 22.6. The molecule has 2 rings (SSSR count). The molecular weight excluding hydrogens is 356 g/mol. The van der Waals surface area contributed by atoms with Crippen molar-refractivity contribution in [3.8, 4) is 0 Å². The van der Waals surface area contributed by atoms with Gasteiger partial charge in [-0.3, -0.25) is 0 Å². The summed E-state index contributed by atoms with van der Waals surface area (Å²) in [7, 11) is -3.65. The van der Waals surface area contributed by atoms with Gasteiger partial charge in [0.25, 0.3) is 0 Å². The van der Waals surface area contributed by atoms with Crippen molar-refractivity contribution >= 4 is 27.7 Å². The van der Waals surface area contributed by atoms with Crippen LogP contribution in [0.4, 0.5) is 0 Å². The standard InChI is InChI=1S/C17H28N4O2S2/c1-4-19-17(21-9-10-24-16(12-21)13(2)3)20-11-14-5-7-15(8-6-14)25(18,22)23/h5-8,13,16H,4,9-12H2,1-3H3,(H,19,20)(H2,18,22,23). The van der Waals surface area contributed by atoms with Gasteiger partial charge in [-0.25, -0.2) is 18.5 Å². The predicted molar refractivity (Wildman–Crippen MR) is 105 cm³/mol. The number of sulfonamides is 1. The Balaban J connectivity index is 2.09. The smallest absolute Gasteiger partial charge is 0.238 e. The van der Waals surface area contributed by atoms with Crippen LogP contribution in [0, 0.1) is 5.92 Å². The molecule has 1 aromatic carbocycles. The molecule has 1 unspecified atom stereocenters. The van der Waals surface area contributed by atoms with Gasteiger partial charge in [0.15, 0.2) is 5.96 Å². The molecule has 0 aromatic heterocycles. The molecule has 0 saturated carbocycles. The second-order valence-electron chi connectivity index (χ2n) is 6.46. The van der Waals surface area contributed by atoms with E-state index in [0.29, 0.717) is 17.7 Å². The van der Waals surface area contributed by atoms with Gasteiger partial charge in [0.05, 0.1) is 11.4 Å². The van der Waals surface area contributed by atoms with Crippen molar-refractivity contribution in [3.63, 3.8) is 0 Å². The van der Waals surface area contributed by atoms with Gasteiger partial charge >= 0.3 is 0 Å². The van der Waals surface area contributed by atoms with Gasteiger partial charge in [0, 0.05) is 30.6 Å². The minimum atomic E-state index is -3.65. The number of guanidine groups is 1. The van der Waals surface area contributed by atoms with Crippen LogP contribution in [0.1, 0.15) is 26.3 Å². The maximum absolute atomic E-state index is 11.3. The molecule has 1 aliphatic rings. The lowest BCUT2D eigenvalue weighted by Gasteiger charge is -2.36. The van der Waals surface area contributed by atoms with Gasteiger partial charge < -0.3 is 10.2 Å². The maximum atomic E-state index is 11.3. The molecule has 0 radical (unpaired) electrons. The molecule has 140 valence electrons. The SMILES string of the molecule is CCNC(=NCc1ccc(S(N)(=O)=O)cc1)N1CCSC(C(C)C)C1. The zero-order valence-corrected chi connectivity index (χ0v) is 16.7. The lowest BCUT2D eigenvalue weighted by atomic mass is 10.1. The summed E-state index contributed by atoms with van der Waals surface area (Å²) in [5.41, 5.74) is 0.953. The lowest BCUT2D eigenvalue weighted by molar-refractivity contribution is 0.381. The third-order valence-corrected chi connectivity index (χ3v) is 6.60. The fourth-order valence-electron chi connectivity index (χ4n) is 2.65. The molecule has 0 aliphatic carbocycles. The molecule has 3 N–H and O–H groups in total. The van der Waals surface area contributed by atoms with Crippen LogP contribution in [-0.4, -0.2) is 49.9 Å². The fourth-order valence-corrected chi connectivity index (χ4v) is 4.46. The van der Waals surface area contributed by atoms with Gasteiger partial charge in [-0.2, -0.15) is 11.8 Å². The molecule has 1 atom stereocenters. The Morgan fingerprint density at radius 1 is 1.40 bits per heavy atom. The number of thioether (sulfide) groups is 1. The highest BCUT2D eigenvalue weighted by Crippen LogP contribution is 2.25. The number of nitrogens with zero attached hydrogens (tertiary/aromatic N) is 2. The number of hydrogen-bond acceptors (Lipinski definition) is 4. The summed E-state index contributed by atoms with van der Waals surface area (Å²) >= 11 is 2.04. The summed E-state index contributed by atoms with van der Waals surface area (Å²) in [4.78, 5) is 7.18. The van der Waals surface area contributed by atoms with Crippen molar-refractivity contribution in [1.82, 2.24) is 10.2 Å². The second kappa shape index (κ2) is 8.91. The van der Waals surface area contributed by atoms with Crippen molar-refractivity contribution in [1.29, 1.82) is 0 Å². The van der Waals surface area contributed by atoms with Crippen molar-refractivity contribution in [2.45, 2.75) is 37.5 Å². The Morgan fingerprint density at radius 2 is 2.08 bits per heavy atom. The Bertz CT molecular complexity index is 687. The van der Waals surface area contributed by atoms with Crippen LogP contribution in [0.25, 0.3) is 0 Å². The van der Waals surface area contributed by atoms with Crippen molar-refractivity contribution in [2.75, 3.05) is 25.4 Å². The first kappa shape index (κ1) is 20.1. The third kappa shape index (κ3) is 5.90. The molecule has 1 aliphatic heterocycles. The van der Waals surface area contributed by atoms with E-state index in [2.05, 4.69) is 31.0 Å². The number of primary sulfonamides is 1. The van der Waals surface area contributed by atoms with Gasteiger partial charge in [0.1, 0.15) is 0 Å². The predicted octanol–water partition coefficient (Wildman–Crippen LogP) is 1.87. The van der Waals surface area contributed by atoms with E-state index in [0.717, 1.165) is 36.9 Å². The first-order valence-electron chi connectivity index (χ1n) is 8.58. The Hall–Kier alpha value is -1.25. The number of hydrogen-bond donors (Lipinski definition) is 2. The van der Waals surface area contributed by atoms with Gasteiger partial charge in [-0.1, -0.05) is 26.0 Å². The third-order valence-electron chi connectivity index (χ3n) is 4.13. The van der Waals surface area contributed by atoms with Gasteiger partial charge in [-0.15, -0.1) is 0 Å². The average Bonchev–Trinajstić information content (AvgIpc) is 2.58. The van der Waals surface area contributed by atoms with E-state index in [9.17, 15) is 8.42 Å². The summed E-state index contributed by atoms with van der Waals surface area (Å²) in [6.45, 7) is 9.90. The van der Waals surface area contributed by atoms with Crippen LogP contribution in [0.15, 0.2) is 34.2 Å². The Kier molecular flexibility index (Phi) is 7.15. The highest BCUT2D eigenvalue weighted by atomic mass is 32.2. The summed E-state index contributed by atoms with van der Waals surface area (Å²) in [5.74, 6) is 2.67. The van der Waals surface area contributed by atoms with E-state index < -0.39 is 10.0 Å². The highest BCUT2D eigenvalue weighted by Gasteiger charge is 2.24. The molecular formula is C17H28N4O2S2. The summed E-state index contributed by atoms with van der Waals surface area (Å²) in [6.07, 6.45) is 0. The average molecular weight is 385 g/mol. The van der Waals surface area contributed by atoms with E-state index >= 15 is 0 Å². The number of nitrogens with two attached hydrogens (primary N) is 1. The molecule has 1 fully saturated rings. The monoisotopic (exact) mass is 384 g/mol. The molecule has 25 heavy (non-hydrogen) atoms. The molecule has 8 heteroatoms. The van der Waals surface area contributed by atoms with Crippen LogP contribution in [-0.2, 0) is 16.6 Å². The van der Waals surface area contributed by atoms with E-state index in [1.807, 2.05) is 11.8 Å². The van der Waals surface area contributed by atoms with Gasteiger partial charge in [0.2, 0.25) is 10.0 Å². The molecule has 1 heterocycles. The molecule has 1 saturated heterocycles. The normalized spacial score (nSPS) is 19.3. The molecule has 0 amide bonds. The number of nitrogens with one attached hydrogen (secondary N) is 1. The second-order valence-corrected chi connectivity index (χ2v) is 9.37. The fraction of sp³-hybridized carbons (Fsp3) is 0.588. The quantitative estimate of drug-likeness (QED) is 0.598.